The number of imidazole rings is 1. The molecule has 0 amide bonds. The summed E-state index contributed by atoms with van der Waals surface area (Å²) in [5.41, 5.74) is 19.1. The molecule has 1 N–H and O–H groups in total. The van der Waals surface area contributed by atoms with Gasteiger partial charge in [-0.3, -0.25) is 0 Å². The first-order chi connectivity index (χ1) is 22.7. The minimum Gasteiger partial charge on any atom is -0.404 e. The van der Waals surface area contributed by atoms with Gasteiger partial charge in [-0.25, -0.2) is 4.98 Å². The minimum atomic E-state index is -0.944. The Morgan fingerprint density at radius 2 is 1.40 bits per heavy atom. The third-order valence-electron chi connectivity index (χ3n) is 11.7. The average Bonchev–Trinajstić information content (AvgIpc) is 3.61. The predicted octanol–water partition coefficient (Wildman–Crippen LogP) is 9.07. The Morgan fingerprint density at radius 1 is 0.681 bits per heavy atom. The van der Waals surface area contributed by atoms with Crippen molar-refractivity contribution in [3.63, 3.8) is 0 Å². The molecular formula is C42H33N3O2+2. The summed E-state index contributed by atoms with van der Waals surface area (Å²) in [6.07, 6.45) is 0.665. The summed E-state index contributed by atoms with van der Waals surface area (Å²) in [6.45, 7) is 13.4. The lowest BCUT2D eigenvalue weighted by atomic mass is 9.82. The molecule has 5 heteroatoms. The number of aromatic amines is 1. The van der Waals surface area contributed by atoms with Crippen LogP contribution < -0.4 is 13.9 Å². The second-order valence-corrected chi connectivity index (χ2v) is 14.1. The van der Waals surface area contributed by atoms with Crippen molar-refractivity contribution in [3.8, 4) is 39.5 Å². The zero-order valence-electron chi connectivity index (χ0n) is 27.3. The molecule has 47 heavy (non-hydrogen) atoms. The van der Waals surface area contributed by atoms with Crippen molar-refractivity contribution < 1.29 is 18.3 Å². The maximum atomic E-state index is 7.57. The van der Waals surface area contributed by atoms with E-state index in [-0.39, 0.29) is 0 Å². The fourth-order valence-electron chi connectivity index (χ4n) is 8.92. The number of hydrogen-bond acceptors (Lipinski definition) is 2. The molecule has 0 fully saturated rings. The van der Waals surface area contributed by atoms with Crippen LogP contribution in [0.15, 0.2) is 77.2 Å². The van der Waals surface area contributed by atoms with E-state index in [2.05, 4.69) is 128 Å². The van der Waals surface area contributed by atoms with E-state index in [9.17, 15) is 0 Å². The van der Waals surface area contributed by atoms with Crippen LogP contribution in [-0.2, 0) is 12.3 Å². The first-order valence-corrected chi connectivity index (χ1v) is 16.6. The third-order valence-corrected chi connectivity index (χ3v) is 11.7. The molecule has 4 bridgehead atoms. The van der Waals surface area contributed by atoms with Crippen LogP contribution in [0.3, 0.4) is 0 Å². The molecule has 0 aliphatic carbocycles. The summed E-state index contributed by atoms with van der Waals surface area (Å²) in [5, 5.41) is 4.58. The second-order valence-electron chi connectivity index (χ2n) is 14.1. The highest BCUT2D eigenvalue weighted by Crippen LogP contribution is 2.51. The summed E-state index contributed by atoms with van der Waals surface area (Å²) < 4.78 is 19.4. The third kappa shape index (κ3) is 2.89. The molecule has 3 aromatic heterocycles. The van der Waals surface area contributed by atoms with Gasteiger partial charge < -0.3 is 9.15 Å². The Hall–Kier alpha value is -5.42. The molecule has 0 saturated carbocycles. The Labute approximate surface area is 271 Å². The number of benzene rings is 5. The zero-order valence-corrected chi connectivity index (χ0v) is 27.3. The molecule has 226 valence electrons. The van der Waals surface area contributed by atoms with Crippen molar-refractivity contribution in [1.29, 1.82) is 0 Å². The molecule has 5 nitrogen and oxygen atoms in total. The van der Waals surface area contributed by atoms with E-state index in [1.165, 1.54) is 71.9 Å². The number of aromatic nitrogens is 3. The Balaban J connectivity index is 1.40. The molecule has 0 saturated heterocycles. The topological polar surface area (TPSA) is 45.9 Å². The number of furan rings is 1. The number of pyridine rings is 1. The van der Waals surface area contributed by atoms with Crippen molar-refractivity contribution in [1.82, 2.24) is 4.98 Å². The molecule has 1 unspecified atom stereocenters. The van der Waals surface area contributed by atoms with Gasteiger partial charge in [0.15, 0.2) is 11.0 Å². The molecule has 5 aromatic carbocycles. The number of hydrogen-bond donors (Lipinski definition) is 1. The second kappa shape index (κ2) is 8.10. The van der Waals surface area contributed by atoms with E-state index in [0.29, 0.717) is 6.42 Å². The number of nitrogens with zero attached hydrogens (tertiary/aromatic N) is 2. The molecular weight excluding hydrogens is 578 g/mol. The van der Waals surface area contributed by atoms with Gasteiger partial charge in [-0.2, -0.15) is 0 Å². The number of fused-ring (bicyclic) bond motifs is 7. The van der Waals surface area contributed by atoms with E-state index in [4.69, 9.17) is 9.15 Å². The summed E-state index contributed by atoms with van der Waals surface area (Å²) in [6, 6.07) is 26.8. The normalized spacial score (nSPS) is 16.9. The summed E-state index contributed by atoms with van der Waals surface area (Å²) in [7, 11) is 0. The smallest absolute Gasteiger partial charge is 0.404 e. The van der Waals surface area contributed by atoms with Gasteiger partial charge in [0, 0.05) is 22.6 Å². The fraction of sp³-hybridized carbons (Fsp3) is 0.190. The van der Waals surface area contributed by atoms with Gasteiger partial charge in [-0.05, 0) is 134 Å². The van der Waals surface area contributed by atoms with E-state index in [1.54, 1.807) is 0 Å². The van der Waals surface area contributed by atoms with Crippen LogP contribution in [0.1, 0.15) is 38.9 Å². The Morgan fingerprint density at radius 3 is 2.23 bits per heavy atom. The highest BCUT2D eigenvalue weighted by Gasteiger charge is 2.64. The Bertz CT molecular complexity index is 2820. The van der Waals surface area contributed by atoms with Crippen LogP contribution >= 0.6 is 0 Å². The fourth-order valence-corrected chi connectivity index (χ4v) is 8.92. The van der Waals surface area contributed by atoms with Crippen molar-refractivity contribution >= 4 is 43.9 Å². The van der Waals surface area contributed by atoms with Crippen LogP contribution in [-0.4, -0.2) is 4.98 Å². The summed E-state index contributed by atoms with van der Waals surface area (Å²) in [4.78, 5) is 3.98. The summed E-state index contributed by atoms with van der Waals surface area (Å²) in [5.74, 6) is 1.02. The van der Waals surface area contributed by atoms with Crippen molar-refractivity contribution in [2.45, 2.75) is 53.8 Å². The maximum Gasteiger partial charge on any atom is 0.476 e. The van der Waals surface area contributed by atoms with Crippen molar-refractivity contribution in [2.75, 3.05) is 0 Å². The van der Waals surface area contributed by atoms with Gasteiger partial charge in [0.25, 0.3) is 5.82 Å². The van der Waals surface area contributed by atoms with Gasteiger partial charge in [0.2, 0.25) is 5.69 Å². The largest absolute Gasteiger partial charge is 0.476 e. The molecule has 6 heterocycles. The average molecular weight is 612 g/mol. The van der Waals surface area contributed by atoms with E-state index < -0.39 is 5.85 Å². The lowest BCUT2D eigenvalue weighted by Gasteiger charge is -2.34. The first-order valence-electron chi connectivity index (χ1n) is 16.6. The standard InChI is InChI=1S/C42H32N3O2/c1-20-13-31-36(16-21(20)2)47-42-19-33-29(14-22(3)24(5)37(33)32-15-23(4)25(6)38-39(32)45(42)40(31)43-38)34-12-11-28-30-17-26-9-7-8-10-27(26)18-35(30)46-41(28)44(34)42/h7-18H,19H2,1-6H3/q+1/p+1. The maximum absolute atomic E-state index is 7.57. The van der Waals surface area contributed by atoms with E-state index >= 15 is 0 Å². The quantitative estimate of drug-likeness (QED) is 0.174. The number of H-pyrrole nitrogens is 1. The molecule has 3 aliphatic heterocycles. The highest BCUT2D eigenvalue weighted by atomic mass is 16.5. The molecule has 8 aromatic rings. The van der Waals surface area contributed by atoms with E-state index in [1.807, 2.05) is 0 Å². The van der Waals surface area contributed by atoms with Crippen molar-refractivity contribution in [3.05, 3.63) is 112 Å². The molecule has 3 aliphatic rings. The zero-order chi connectivity index (χ0) is 31.7. The number of rotatable bonds is 0. The monoisotopic (exact) mass is 611 g/mol. The van der Waals surface area contributed by atoms with Crippen LogP contribution in [0.25, 0.3) is 77.6 Å². The summed E-state index contributed by atoms with van der Waals surface area (Å²) >= 11 is 0. The molecule has 1 atom stereocenters. The predicted molar refractivity (Wildman–Crippen MR) is 186 cm³/mol. The van der Waals surface area contributed by atoms with Gasteiger partial charge in [-0.1, -0.05) is 28.8 Å². The first kappa shape index (κ1) is 25.7. The number of aryl methyl sites for hydroxylation is 5. The molecule has 1 spiro atoms. The molecule has 0 radical (unpaired) electrons. The van der Waals surface area contributed by atoms with Crippen molar-refractivity contribution in [2.24, 2.45) is 0 Å². The van der Waals surface area contributed by atoms with Gasteiger partial charge >= 0.3 is 11.6 Å². The van der Waals surface area contributed by atoms with Gasteiger partial charge in [0.05, 0.1) is 10.9 Å². The van der Waals surface area contributed by atoms with Gasteiger partial charge in [-0.15, -0.1) is 4.57 Å². The minimum absolute atomic E-state index is 0.665. The van der Waals surface area contributed by atoms with Crippen LogP contribution in [0.5, 0.6) is 5.75 Å². The Kier molecular flexibility index (Phi) is 4.44. The lowest BCUT2D eigenvalue weighted by Crippen LogP contribution is -2.80. The van der Waals surface area contributed by atoms with Crippen LogP contribution in [0, 0.1) is 41.5 Å². The van der Waals surface area contributed by atoms with E-state index in [0.717, 1.165) is 50.4 Å². The van der Waals surface area contributed by atoms with Crippen LogP contribution in [0.4, 0.5) is 0 Å². The highest BCUT2D eigenvalue weighted by molar-refractivity contribution is 6.09. The van der Waals surface area contributed by atoms with Crippen LogP contribution in [0.2, 0.25) is 0 Å². The molecule has 11 rings (SSSR count). The van der Waals surface area contributed by atoms with Gasteiger partial charge in [0.1, 0.15) is 23.3 Å². The number of nitrogens with one attached hydrogen (secondary N) is 1. The number of ether oxygens (including phenoxy) is 1. The SMILES string of the molecule is Cc1cc2c(cc1C)-c1[nH]c3c(C)c(C)cc4c3[n+]1C1(Cc3c(cc(C)c(C)c3-4)-c3ccc4c5cc6ccccc6cc5oc4[n+]31)O2. The lowest BCUT2D eigenvalue weighted by molar-refractivity contribution is -1.01.